The fourth-order valence-corrected chi connectivity index (χ4v) is 2.86. The zero-order valence-corrected chi connectivity index (χ0v) is 13.6. The van der Waals surface area contributed by atoms with Crippen LogP contribution in [0.15, 0.2) is 42.1 Å². The van der Waals surface area contributed by atoms with Crippen molar-refractivity contribution in [1.29, 1.82) is 0 Å². The fraction of sp³-hybridized carbons (Fsp3) is 0.167. The Morgan fingerprint density at radius 3 is 2.80 bits per heavy atom. The molecule has 128 valence electrons. The number of nitrogens with zero attached hydrogens (tertiary/aromatic N) is 2. The number of aromatic nitrogens is 1. The lowest BCUT2D eigenvalue weighted by atomic mass is 9.99. The number of fused-ring (bicyclic) bond motifs is 1. The van der Waals surface area contributed by atoms with Crippen LogP contribution in [0.1, 0.15) is 16.1 Å². The summed E-state index contributed by atoms with van der Waals surface area (Å²) in [4.78, 5) is 29.9. The van der Waals surface area contributed by atoms with Crippen LogP contribution >= 0.6 is 0 Å². The number of Topliss-reactive ketones (excluding diaryl/α,β-unsaturated/α-hetero) is 1. The van der Waals surface area contributed by atoms with Gasteiger partial charge in [0.25, 0.3) is 0 Å². The van der Waals surface area contributed by atoms with E-state index in [0.29, 0.717) is 28.2 Å². The molecule has 0 saturated heterocycles. The molecule has 0 atom stereocenters. The minimum absolute atomic E-state index is 0.00501. The third kappa shape index (κ3) is 3.35. The highest BCUT2D eigenvalue weighted by Gasteiger charge is 2.26. The largest absolute Gasteiger partial charge is 0.386 e. The van der Waals surface area contributed by atoms with E-state index in [1.807, 2.05) is 0 Å². The summed E-state index contributed by atoms with van der Waals surface area (Å²) < 4.78 is 13.8. The summed E-state index contributed by atoms with van der Waals surface area (Å²) in [6.45, 7) is 0.163. The summed E-state index contributed by atoms with van der Waals surface area (Å²) in [6, 6.07) is 7.74. The Labute approximate surface area is 144 Å². The van der Waals surface area contributed by atoms with Gasteiger partial charge in [-0.1, -0.05) is 6.07 Å². The van der Waals surface area contributed by atoms with E-state index in [9.17, 15) is 14.0 Å². The molecule has 3 rings (SSSR count). The van der Waals surface area contributed by atoms with E-state index in [2.05, 4.69) is 10.3 Å². The number of carbonyl (C=O) groups excluding carboxylic acids is 2. The third-order valence-corrected chi connectivity index (χ3v) is 3.98. The molecule has 2 aromatic rings. The summed E-state index contributed by atoms with van der Waals surface area (Å²) in [5.74, 6) is -1.25. The molecule has 0 radical (unpaired) electrons. The van der Waals surface area contributed by atoms with E-state index >= 15 is 0 Å². The van der Waals surface area contributed by atoms with Crippen LogP contribution in [0, 0.1) is 5.82 Å². The number of carbonyl (C=O) groups is 2. The number of primary amides is 1. The molecular formula is C18H17FN4O2. The maximum Gasteiger partial charge on any atom is 0.246 e. The van der Waals surface area contributed by atoms with Gasteiger partial charge in [0.2, 0.25) is 5.91 Å². The van der Waals surface area contributed by atoms with Gasteiger partial charge in [0.1, 0.15) is 11.5 Å². The molecule has 0 fully saturated rings. The number of nitrogens with two attached hydrogens (primary N) is 1. The Kier molecular flexibility index (Phi) is 4.47. The Bertz CT molecular complexity index is 865. The summed E-state index contributed by atoms with van der Waals surface area (Å²) in [5, 5.41) is 2.93. The first-order valence-electron chi connectivity index (χ1n) is 7.70. The molecular weight excluding hydrogens is 323 g/mol. The van der Waals surface area contributed by atoms with Crippen LogP contribution in [0.4, 0.5) is 15.8 Å². The molecule has 3 N–H and O–H groups in total. The van der Waals surface area contributed by atoms with Gasteiger partial charge in [0, 0.05) is 30.9 Å². The number of amides is 1. The van der Waals surface area contributed by atoms with E-state index in [0.717, 1.165) is 0 Å². The summed E-state index contributed by atoms with van der Waals surface area (Å²) in [7, 11) is 1.67. The molecule has 0 aliphatic carbocycles. The van der Waals surface area contributed by atoms with E-state index in [1.165, 1.54) is 12.1 Å². The zero-order chi connectivity index (χ0) is 18.0. The molecule has 0 bridgehead atoms. The lowest BCUT2D eigenvalue weighted by Crippen LogP contribution is -2.37. The molecule has 25 heavy (non-hydrogen) atoms. The topological polar surface area (TPSA) is 88.3 Å². The lowest BCUT2D eigenvalue weighted by Gasteiger charge is -2.31. The quantitative estimate of drug-likeness (QED) is 0.811. The molecule has 1 aromatic heterocycles. The minimum Gasteiger partial charge on any atom is -0.386 e. The summed E-state index contributed by atoms with van der Waals surface area (Å²) in [6.07, 6.45) is 3.10. The Hall–Kier alpha value is -3.22. The Morgan fingerprint density at radius 1 is 1.36 bits per heavy atom. The lowest BCUT2D eigenvalue weighted by molar-refractivity contribution is -0.114. The molecule has 0 spiro atoms. The normalized spacial score (nSPS) is 13.0. The van der Waals surface area contributed by atoms with Gasteiger partial charge >= 0.3 is 0 Å². The van der Waals surface area contributed by atoms with Gasteiger partial charge in [0.05, 0.1) is 17.9 Å². The summed E-state index contributed by atoms with van der Waals surface area (Å²) >= 11 is 0. The second-order valence-electron chi connectivity index (χ2n) is 5.67. The van der Waals surface area contributed by atoms with Gasteiger partial charge in [0.15, 0.2) is 5.78 Å². The SMILES string of the molecule is CNc1cc(F)cc2c1N(CC(=O)c1ccccn1)CC(C(N)=O)=C2. The van der Waals surface area contributed by atoms with Crippen molar-refractivity contribution < 1.29 is 14.0 Å². The van der Waals surface area contributed by atoms with Crippen molar-refractivity contribution in [2.24, 2.45) is 5.73 Å². The van der Waals surface area contributed by atoms with Crippen LogP contribution in [0.3, 0.4) is 0 Å². The number of anilines is 2. The number of benzene rings is 1. The minimum atomic E-state index is -0.601. The van der Waals surface area contributed by atoms with Crippen LogP contribution in [0.5, 0.6) is 0 Å². The Morgan fingerprint density at radius 2 is 2.16 bits per heavy atom. The second-order valence-corrected chi connectivity index (χ2v) is 5.67. The molecule has 2 heterocycles. The highest BCUT2D eigenvalue weighted by molar-refractivity contribution is 6.04. The molecule has 1 amide bonds. The molecule has 0 saturated carbocycles. The van der Waals surface area contributed by atoms with Crippen LogP contribution in [0.2, 0.25) is 0 Å². The molecule has 1 aliphatic rings. The van der Waals surface area contributed by atoms with Gasteiger partial charge < -0.3 is 16.0 Å². The molecule has 0 unspecified atom stereocenters. The van der Waals surface area contributed by atoms with E-state index < -0.39 is 11.7 Å². The summed E-state index contributed by atoms with van der Waals surface area (Å²) in [5.41, 5.74) is 7.72. The maximum absolute atomic E-state index is 13.8. The number of pyridine rings is 1. The fourth-order valence-electron chi connectivity index (χ4n) is 2.86. The maximum atomic E-state index is 13.8. The van der Waals surface area contributed by atoms with Crippen molar-refractivity contribution >= 4 is 29.1 Å². The molecule has 6 nitrogen and oxygen atoms in total. The van der Waals surface area contributed by atoms with E-state index in [-0.39, 0.29) is 18.9 Å². The van der Waals surface area contributed by atoms with Crippen molar-refractivity contribution in [2.75, 3.05) is 30.4 Å². The molecule has 1 aliphatic heterocycles. The number of halogens is 1. The number of nitrogens with one attached hydrogen (secondary N) is 1. The molecule has 1 aromatic carbocycles. The zero-order valence-electron chi connectivity index (χ0n) is 13.6. The first kappa shape index (κ1) is 16.6. The average Bonchev–Trinajstić information content (AvgIpc) is 2.61. The third-order valence-electron chi connectivity index (χ3n) is 3.98. The number of ketones is 1. The number of hydrogen-bond acceptors (Lipinski definition) is 5. The number of rotatable bonds is 5. The van der Waals surface area contributed by atoms with Gasteiger partial charge in [-0.25, -0.2) is 4.39 Å². The van der Waals surface area contributed by atoms with Crippen molar-refractivity contribution in [2.45, 2.75) is 0 Å². The second kappa shape index (κ2) is 6.72. The predicted octanol–water partition coefficient (Wildman–Crippen LogP) is 1.83. The van der Waals surface area contributed by atoms with Crippen molar-refractivity contribution in [3.05, 3.63) is 59.2 Å². The van der Waals surface area contributed by atoms with Gasteiger partial charge in [-0.2, -0.15) is 0 Å². The predicted molar refractivity (Wildman–Crippen MR) is 93.9 cm³/mol. The number of hydrogen-bond donors (Lipinski definition) is 2. The first-order chi connectivity index (χ1) is 12.0. The van der Waals surface area contributed by atoms with Crippen molar-refractivity contribution in [3.8, 4) is 0 Å². The van der Waals surface area contributed by atoms with E-state index in [4.69, 9.17) is 5.73 Å². The van der Waals surface area contributed by atoms with Gasteiger partial charge in [-0.3, -0.25) is 14.6 Å². The highest BCUT2D eigenvalue weighted by atomic mass is 19.1. The highest BCUT2D eigenvalue weighted by Crippen LogP contribution is 2.36. The van der Waals surface area contributed by atoms with Crippen LogP contribution in [-0.2, 0) is 4.79 Å². The monoisotopic (exact) mass is 340 g/mol. The van der Waals surface area contributed by atoms with Crippen LogP contribution in [-0.4, -0.2) is 36.8 Å². The van der Waals surface area contributed by atoms with Crippen molar-refractivity contribution in [3.63, 3.8) is 0 Å². The van der Waals surface area contributed by atoms with Gasteiger partial charge in [-0.05, 0) is 30.3 Å². The van der Waals surface area contributed by atoms with E-state index in [1.54, 1.807) is 42.4 Å². The van der Waals surface area contributed by atoms with Crippen LogP contribution < -0.4 is 16.0 Å². The Balaban J connectivity index is 2.02. The van der Waals surface area contributed by atoms with Gasteiger partial charge in [-0.15, -0.1) is 0 Å². The average molecular weight is 340 g/mol. The molecule has 7 heteroatoms. The smallest absolute Gasteiger partial charge is 0.246 e. The van der Waals surface area contributed by atoms with Crippen molar-refractivity contribution in [1.82, 2.24) is 4.98 Å². The first-order valence-corrected chi connectivity index (χ1v) is 7.70. The standard InChI is InChI=1S/C18H17FN4O2/c1-21-15-8-13(19)7-11-6-12(18(20)25)9-23(17(11)15)10-16(24)14-4-2-3-5-22-14/h2-8,21H,9-10H2,1H3,(H2,20,25). The van der Waals surface area contributed by atoms with Crippen LogP contribution in [0.25, 0.3) is 6.08 Å².